The summed E-state index contributed by atoms with van der Waals surface area (Å²) in [5.74, 6) is 0.989. The summed E-state index contributed by atoms with van der Waals surface area (Å²) in [6.07, 6.45) is 3.10. The fourth-order valence-electron chi connectivity index (χ4n) is 5.29. The first kappa shape index (κ1) is 25.0. The molecule has 4 rings (SSSR count). The van der Waals surface area contributed by atoms with Gasteiger partial charge in [-0.2, -0.15) is 0 Å². The van der Waals surface area contributed by atoms with E-state index in [0.29, 0.717) is 13.0 Å². The van der Waals surface area contributed by atoms with Gasteiger partial charge in [0.05, 0.1) is 11.0 Å². The maximum absolute atomic E-state index is 13.7. The van der Waals surface area contributed by atoms with Crippen molar-refractivity contribution in [3.8, 4) is 0 Å². The lowest BCUT2D eigenvalue weighted by Gasteiger charge is -2.34. The maximum atomic E-state index is 13.7. The first-order chi connectivity index (χ1) is 16.9. The lowest BCUT2D eigenvalue weighted by molar-refractivity contribution is -0.136. The molecule has 0 bridgehead atoms. The molecule has 0 aliphatic carbocycles. The second-order valence-corrected chi connectivity index (χ2v) is 9.75. The van der Waals surface area contributed by atoms with Crippen LogP contribution < -0.4 is 4.90 Å². The third-order valence-electron chi connectivity index (χ3n) is 7.55. The minimum absolute atomic E-state index is 0.0618. The van der Waals surface area contributed by atoms with Gasteiger partial charge >= 0.3 is 0 Å². The van der Waals surface area contributed by atoms with Crippen LogP contribution in [0.1, 0.15) is 71.2 Å². The Morgan fingerprint density at radius 1 is 1.03 bits per heavy atom. The molecule has 2 amide bonds. The van der Waals surface area contributed by atoms with E-state index in [1.807, 2.05) is 52.3 Å². The van der Waals surface area contributed by atoms with E-state index in [0.717, 1.165) is 41.8 Å². The van der Waals surface area contributed by atoms with E-state index in [4.69, 9.17) is 4.98 Å². The molecule has 1 aromatic heterocycles. The number of rotatable bonds is 9. The standard InChI is InChI=1S/C29H38N4O2/c1-6-20(4)33(21(5)7-2)28(35)19-32-26-16-12-10-14-24(26)30-29(32)23-17-27(34)31(18-23)25-15-11-9-13-22(25)8-3/h9-16,20-21,23H,6-8,17-19H2,1-5H3. The Bertz CT molecular complexity index is 1190. The fraction of sp³-hybridized carbons (Fsp3) is 0.483. The van der Waals surface area contributed by atoms with Crippen molar-refractivity contribution in [2.24, 2.45) is 0 Å². The van der Waals surface area contributed by atoms with Crippen molar-refractivity contribution in [3.63, 3.8) is 0 Å². The zero-order chi connectivity index (χ0) is 25.1. The van der Waals surface area contributed by atoms with Gasteiger partial charge in [0.15, 0.2) is 0 Å². The van der Waals surface area contributed by atoms with Crippen molar-refractivity contribution in [3.05, 3.63) is 59.9 Å². The molecule has 0 N–H and O–H groups in total. The predicted molar refractivity (Wildman–Crippen MR) is 142 cm³/mol. The van der Waals surface area contributed by atoms with Crippen LogP contribution in [0.15, 0.2) is 48.5 Å². The Morgan fingerprint density at radius 2 is 1.69 bits per heavy atom. The van der Waals surface area contributed by atoms with Gasteiger partial charge < -0.3 is 14.4 Å². The SMILES string of the molecule is CCc1ccccc1N1CC(c2nc3ccccc3n2CC(=O)N(C(C)CC)C(C)CC)CC1=O. The minimum atomic E-state index is -0.0618. The summed E-state index contributed by atoms with van der Waals surface area (Å²) >= 11 is 0. The highest BCUT2D eigenvalue weighted by atomic mass is 16.2. The summed E-state index contributed by atoms with van der Waals surface area (Å²) in [7, 11) is 0. The van der Waals surface area contributed by atoms with Gasteiger partial charge in [0.1, 0.15) is 12.4 Å². The topological polar surface area (TPSA) is 58.4 Å². The van der Waals surface area contributed by atoms with Crippen molar-refractivity contribution in [2.45, 2.75) is 84.8 Å². The second kappa shape index (κ2) is 10.6. The lowest BCUT2D eigenvalue weighted by Crippen LogP contribution is -2.46. The van der Waals surface area contributed by atoms with E-state index < -0.39 is 0 Å². The van der Waals surface area contributed by atoms with Gasteiger partial charge in [-0.1, -0.05) is 51.1 Å². The summed E-state index contributed by atoms with van der Waals surface area (Å²) < 4.78 is 2.06. The molecule has 2 heterocycles. The molecule has 186 valence electrons. The Hall–Kier alpha value is -3.15. The summed E-state index contributed by atoms with van der Waals surface area (Å²) in [6.45, 7) is 11.4. The molecule has 1 aliphatic rings. The summed E-state index contributed by atoms with van der Waals surface area (Å²) in [5.41, 5.74) is 3.97. The lowest BCUT2D eigenvalue weighted by atomic mass is 10.1. The second-order valence-electron chi connectivity index (χ2n) is 9.75. The van der Waals surface area contributed by atoms with Gasteiger partial charge in [-0.05, 0) is 56.9 Å². The molecule has 0 saturated carbocycles. The van der Waals surface area contributed by atoms with Crippen LogP contribution in [0.3, 0.4) is 0 Å². The Kier molecular flexibility index (Phi) is 7.58. The largest absolute Gasteiger partial charge is 0.336 e. The van der Waals surface area contributed by atoms with Crippen LogP contribution in [0.25, 0.3) is 11.0 Å². The molecule has 1 fully saturated rings. The molecule has 6 heteroatoms. The molecule has 1 saturated heterocycles. The van der Waals surface area contributed by atoms with Gasteiger partial charge in [-0.15, -0.1) is 0 Å². The highest BCUT2D eigenvalue weighted by molar-refractivity contribution is 5.97. The van der Waals surface area contributed by atoms with Crippen LogP contribution in [0.5, 0.6) is 0 Å². The molecule has 0 spiro atoms. The Morgan fingerprint density at radius 3 is 2.37 bits per heavy atom. The Labute approximate surface area is 208 Å². The highest BCUT2D eigenvalue weighted by Gasteiger charge is 2.36. The van der Waals surface area contributed by atoms with Crippen molar-refractivity contribution in [2.75, 3.05) is 11.4 Å². The number of aryl methyl sites for hydroxylation is 1. The van der Waals surface area contributed by atoms with E-state index in [-0.39, 0.29) is 36.4 Å². The quantitative estimate of drug-likeness (QED) is 0.409. The van der Waals surface area contributed by atoms with Gasteiger partial charge in [-0.25, -0.2) is 4.98 Å². The third kappa shape index (κ3) is 4.84. The fourth-order valence-corrected chi connectivity index (χ4v) is 5.29. The number of para-hydroxylation sites is 3. The number of nitrogens with zero attached hydrogens (tertiary/aromatic N) is 4. The van der Waals surface area contributed by atoms with E-state index in [9.17, 15) is 9.59 Å². The van der Waals surface area contributed by atoms with Crippen molar-refractivity contribution < 1.29 is 9.59 Å². The molecule has 3 unspecified atom stereocenters. The predicted octanol–water partition coefficient (Wildman–Crippen LogP) is 5.54. The summed E-state index contributed by atoms with van der Waals surface area (Å²) in [4.78, 5) is 35.7. The monoisotopic (exact) mass is 474 g/mol. The number of hydrogen-bond donors (Lipinski definition) is 0. The highest BCUT2D eigenvalue weighted by Crippen LogP contribution is 2.35. The summed E-state index contributed by atoms with van der Waals surface area (Å²) in [5, 5.41) is 0. The number of carbonyl (C=O) groups is 2. The molecule has 6 nitrogen and oxygen atoms in total. The van der Waals surface area contributed by atoms with Crippen LogP contribution >= 0.6 is 0 Å². The van der Waals surface area contributed by atoms with Crippen molar-refractivity contribution in [1.29, 1.82) is 0 Å². The van der Waals surface area contributed by atoms with Crippen LogP contribution in [-0.2, 0) is 22.6 Å². The zero-order valence-corrected chi connectivity index (χ0v) is 21.7. The third-order valence-corrected chi connectivity index (χ3v) is 7.55. The number of benzene rings is 2. The maximum Gasteiger partial charge on any atom is 0.243 e. The first-order valence-electron chi connectivity index (χ1n) is 13.0. The number of imidazole rings is 1. The van der Waals surface area contributed by atoms with Crippen LogP contribution in [-0.4, -0.2) is 44.9 Å². The molecule has 35 heavy (non-hydrogen) atoms. The van der Waals surface area contributed by atoms with E-state index >= 15 is 0 Å². The molecular weight excluding hydrogens is 436 g/mol. The zero-order valence-electron chi connectivity index (χ0n) is 21.7. The number of amides is 2. The van der Waals surface area contributed by atoms with Crippen LogP contribution in [0.4, 0.5) is 5.69 Å². The van der Waals surface area contributed by atoms with Crippen LogP contribution in [0, 0.1) is 0 Å². The Balaban J connectivity index is 1.69. The van der Waals surface area contributed by atoms with Gasteiger partial charge in [0.2, 0.25) is 11.8 Å². The molecule has 1 aliphatic heterocycles. The number of fused-ring (bicyclic) bond motifs is 1. The molecule has 2 aromatic carbocycles. The smallest absolute Gasteiger partial charge is 0.243 e. The van der Waals surface area contributed by atoms with E-state index in [2.05, 4.69) is 45.3 Å². The first-order valence-corrected chi connectivity index (χ1v) is 13.0. The minimum Gasteiger partial charge on any atom is -0.336 e. The van der Waals surface area contributed by atoms with Gasteiger partial charge in [0, 0.05) is 36.7 Å². The normalized spacial score (nSPS) is 17.7. The molecular formula is C29H38N4O2. The van der Waals surface area contributed by atoms with Crippen molar-refractivity contribution >= 4 is 28.5 Å². The van der Waals surface area contributed by atoms with Crippen LogP contribution in [0.2, 0.25) is 0 Å². The average Bonchev–Trinajstić information content (AvgIpc) is 3.44. The number of hydrogen-bond acceptors (Lipinski definition) is 3. The van der Waals surface area contributed by atoms with Gasteiger partial charge in [0.25, 0.3) is 0 Å². The van der Waals surface area contributed by atoms with E-state index in [1.165, 1.54) is 5.56 Å². The average molecular weight is 475 g/mol. The van der Waals surface area contributed by atoms with Crippen molar-refractivity contribution in [1.82, 2.24) is 14.5 Å². The molecule has 3 aromatic rings. The number of aromatic nitrogens is 2. The van der Waals surface area contributed by atoms with Gasteiger partial charge in [-0.3, -0.25) is 9.59 Å². The molecule has 0 radical (unpaired) electrons. The number of carbonyl (C=O) groups excluding carboxylic acids is 2. The number of anilines is 1. The summed E-state index contributed by atoms with van der Waals surface area (Å²) in [6, 6.07) is 16.4. The molecule has 3 atom stereocenters. The van der Waals surface area contributed by atoms with E-state index in [1.54, 1.807) is 0 Å².